The van der Waals surface area contributed by atoms with Crippen LogP contribution in [-0.2, 0) is 11.3 Å². The summed E-state index contributed by atoms with van der Waals surface area (Å²) in [5.74, 6) is 1.79. The van der Waals surface area contributed by atoms with E-state index in [0.29, 0.717) is 30.4 Å². The first-order valence-electron chi connectivity index (χ1n) is 6.32. The number of aliphatic hydroxyl groups is 1. The third-order valence-electron chi connectivity index (χ3n) is 2.96. The normalized spacial score (nSPS) is 12.1. The van der Waals surface area contributed by atoms with Crippen LogP contribution in [0.1, 0.15) is 5.56 Å². The van der Waals surface area contributed by atoms with Gasteiger partial charge in [-0.2, -0.15) is 0 Å². The summed E-state index contributed by atoms with van der Waals surface area (Å²) in [6, 6.07) is 3.59. The summed E-state index contributed by atoms with van der Waals surface area (Å²) in [4.78, 5) is 0. The van der Waals surface area contributed by atoms with Crippen molar-refractivity contribution in [3.63, 3.8) is 0 Å². The summed E-state index contributed by atoms with van der Waals surface area (Å²) in [7, 11) is 6.33. The van der Waals surface area contributed by atoms with Crippen molar-refractivity contribution in [2.75, 3.05) is 41.7 Å². The maximum atomic E-state index is 9.23. The molecule has 0 bridgehead atoms. The Hall–Kier alpha value is -1.50. The second-order valence-corrected chi connectivity index (χ2v) is 4.21. The molecule has 1 unspecified atom stereocenters. The van der Waals surface area contributed by atoms with Crippen LogP contribution in [0.3, 0.4) is 0 Å². The van der Waals surface area contributed by atoms with E-state index in [0.717, 1.165) is 5.56 Å². The predicted octanol–water partition coefficient (Wildman–Crippen LogP) is 0.809. The van der Waals surface area contributed by atoms with Gasteiger partial charge in [0.2, 0.25) is 5.75 Å². The molecule has 0 radical (unpaired) electrons. The van der Waals surface area contributed by atoms with E-state index in [-0.39, 0.29) is 12.6 Å². The molecule has 0 saturated heterocycles. The van der Waals surface area contributed by atoms with Gasteiger partial charge in [0.1, 0.15) is 0 Å². The lowest BCUT2D eigenvalue weighted by Gasteiger charge is -2.19. The zero-order valence-electron chi connectivity index (χ0n) is 12.4. The van der Waals surface area contributed by atoms with Crippen molar-refractivity contribution in [1.82, 2.24) is 5.32 Å². The minimum atomic E-state index is -0.127. The molecule has 0 aliphatic carbocycles. The molecule has 1 rings (SSSR count). The summed E-state index contributed by atoms with van der Waals surface area (Å²) >= 11 is 0. The first-order valence-corrected chi connectivity index (χ1v) is 6.32. The summed E-state index contributed by atoms with van der Waals surface area (Å²) in [6.45, 7) is 0.966. The van der Waals surface area contributed by atoms with Gasteiger partial charge in [0.05, 0.1) is 40.6 Å². The fourth-order valence-electron chi connectivity index (χ4n) is 1.93. The highest BCUT2D eigenvalue weighted by molar-refractivity contribution is 5.55. The Balaban J connectivity index is 2.89. The van der Waals surface area contributed by atoms with E-state index < -0.39 is 0 Å². The van der Waals surface area contributed by atoms with Gasteiger partial charge in [0, 0.05) is 19.2 Å². The number of aliphatic hydroxyl groups excluding tert-OH is 1. The maximum absolute atomic E-state index is 9.23. The SMILES string of the molecule is COCC(CO)NCc1ccc(OC)c(OC)c1OC. The second kappa shape index (κ2) is 8.63. The molecule has 0 spiro atoms. The van der Waals surface area contributed by atoms with Crippen molar-refractivity contribution in [2.24, 2.45) is 0 Å². The van der Waals surface area contributed by atoms with Gasteiger partial charge in [-0.25, -0.2) is 0 Å². The minimum Gasteiger partial charge on any atom is -0.493 e. The molecule has 0 saturated carbocycles. The molecule has 0 aromatic heterocycles. The van der Waals surface area contributed by atoms with Crippen LogP contribution in [0.15, 0.2) is 12.1 Å². The third-order valence-corrected chi connectivity index (χ3v) is 2.96. The van der Waals surface area contributed by atoms with Gasteiger partial charge in [-0.05, 0) is 6.07 Å². The highest BCUT2D eigenvalue weighted by atomic mass is 16.5. The molecule has 0 aliphatic heterocycles. The molecular formula is C14H23NO5. The maximum Gasteiger partial charge on any atom is 0.203 e. The minimum absolute atomic E-state index is 0.00342. The van der Waals surface area contributed by atoms with Gasteiger partial charge < -0.3 is 29.4 Å². The Morgan fingerprint density at radius 2 is 1.75 bits per heavy atom. The average molecular weight is 285 g/mol. The van der Waals surface area contributed by atoms with Gasteiger partial charge >= 0.3 is 0 Å². The summed E-state index contributed by atoms with van der Waals surface area (Å²) < 4.78 is 21.0. The number of rotatable bonds is 9. The van der Waals surface area contributed by atoms with Crippen LogP contribution >= 0.6 is 0 Å². The molecule has 114 valence electrons. The number of methoxy groups -OCH3 is 4. The lowest BCUT2D eigenvalue weighted by atomic mass is 10.1. The van der Waals surface area contributed by atoms with Crippen LogP contribution in [0.5, 0.6) is 17.2 Å². The standard InChI is InChI=1S/C14H23NO5/c1-17-9-11(8-16)15-7-10-5-6-12(18-2)14(20-4)13(10)19-3/h5-6,11,15-16H,7-9H2,1-4H3. The molecule has 1 aromatic carbocycles. The van der Waals surface area contributed by atoms with E-state index >= 15 is 0 Å². The Bertz CT molecular complexity index is 411. The second-order valence-electron chi connectivity index (χ2n) is 4.21. The van der Waals surface area contributed by atoms with E-state index in [1.165, 1.54) is 0 Å². The number of hydrogen-bond donors (Lipinski definition) is 2. The van der Waals surface area contributed by atoms with Gasteiger partial charge in [-0.15, -0.1) is 0 Å². The van der Waals surface area contributed by atoms with Gasteiger partial charge in [-0.3, -0.25) is 0 Å². The van der Waals surface area contributed by atoms with Gasteiger partial charge in [0.15, 0.2) is 11.5 Å². The topological polar surface area (TPSA) is 69.2 Å². The predicted molar refractivity (Wildman–Crippen MR) is 75.7 cm³/mol. The fraction of sp³-hybridized carbons (Fsp3) is 0.571. The Kier molecular flexibility index (Phi) is 7.14. The average Bonchev–Trinajstić information content (AvgIpc) is 2.50. The molecule has 0 aliphatic rings. The molecule has 1 atom stereocenters. The van der Waals surface area contributed by atoms with E-state index in [9.17, 15) is 5.11 Å². The number of nitrogens with one attached hydrogen (secondary N) is 1. The van der Waals surface area contributed by atoms with Crippen LogP contribution in [0, 0.1) is 0 Å². The largest absolute Gasteiger partial charge is 0.493 e. The van der Waals surface area contributed by atoms with E-state index in [1.54, 1.807) is 28.4 Å². The van der Waals surface area contributed by atoms with Crippen molar-refractivity contribution in [2.45, 2.75) is 12.6 Å². The first kappa shape index (κ1) is 16.6. The van der Waals surface area contributed by atoms with Crippen LogP contribution in [0.4, 0.5) is 0 Å². The van der Waals surface area contributed by atoms with E-state index in [1.807, 2.05) is 12.1 Å². The molecule has 0 heterocycles. The zero-order chi connectivity index (χ0) is 15.0. The molecule has 0 amide bonds. The molecule has 1 aromatic rings. The summed E-state index contributed by atoms with van der Waals surface area (Å²) in [5, 5.41) is 12.4. The molecule has 0 fully saturated rings. The van der Waals surface area contributed by atoms with Crippen molar-refractivity contribution < 1.29 is 24.1 Å². The summed E-state index contributed by atoms with van der Waals surface area (Å²) in [6.07, 6.45) is 0. The smallest absolute Gasteiger partial charge is 0.203 e. The number of ether oxygens (including phenoxy) is 4. The Morgan fingerprint density at radius 1 is 1.05 bits per heavy atom. The molecular weight excluding hydrogens is 262 g/mol. The molecule has 6 nitrogen and oxygen atoms in total. The van der Waals surface area contributed by atoms with Crippen LogP contribution in [0.2, 0.25) is 0 Å². The van der Waals surface area contributed by atoms with E-state index in [2.05, 4.69) is 5.32 Å². The molecule has 6 heteroatoms. The van der Waals surface area contributed by atoms with Crippen molar-refractivity contribution in [3.05, 3.63) is 17.7 Å². The van der Waals surface area contributed by atoms with E-state index in [4.69, 9.17) is 18.9 Å². The zero-order valence-corrected chi connectivity index (χ0v) is 12.4. The van der Waals surface area contributed by atoms with Crippen molar-refractivity contribution >= 4 is 0 Å². The fourth-order valence-corrected chi connectivity index (χ4v) is 1.93. The molecule has 20 heavy (non-hydrogen) atoms. The van der Waals surface area contributed by atoms with Crippen molar-refractivity contribution in [1.29, 1.82) is 0 Å². The van der Waals surface area contributed by atoms with Crippen LogP contribution in [0.25, 0.3) is 0 Å². The highest BCUT2D eigenvalue weighted by Crippen LogP contribution is 2.39. The van der Waals surface area contributed by atoms with Crippen LogP contribution in [-0.4, -0.2) is 52.8 Å². The van der Waals surface area contributed by atoms with Crippen molar-refractivity contribution in [3.8, 4) is 17.2 Å². The first-order chi connectivity index (χ1) is 9.71. The Labute approximate surface area is 119 Å². The number of benzene rings is 1. The monoisotopic (exact) mass is 285 g/mol. The lowest BCUT2D eigenvalue weighted by Crippen LogP contribution is -2.36. The Morgan fingerprint density at radius 3 is 2.25 bits per heavy atom. The van der Waals surface area contributed by atoms with Crippen LogP contribution < -0.4 is 19.5 Å². The lowest BCUT2D eigenvalue weighted by molar-refractivity contribution is 0.128. The van der Waals surface area contributed by atoms with Gasteiger partial charge in [-0.1, -0.05) is 6.07 Å². The third kappa shape index (κ3) is 4.00. The molecule has 2 N–H and O–H groups in total. The summed E-state index contributed by atoms with van der Waals surface area (Å²) in [5.41, 5.74) is 0.916. The highest BCUT2D eigenvalue weighted by Gasteiger charge is 2.16. The number of hydrogen-bond acceptors (Lipinski definition) is 6. The quantitative estimate of drug-likeness (QED) is 0.700. The van der Waals surface area contributed by atoms with Gasteiger partial charge in [0.25, 0.3) is 0 Å².